The van der Waals surface area contributed by atoms with Crippen LogP contribution in [0.25, 0.3) is 10.8 Å². The van der Waals surface area contributed by atoms with E-state index in [0.29, 0.717) is 11.1 Å². The zero-order valence-corrected chi connectivity index (χ0v) is 16.9. The lowest BCUT2D eigenvalue weighted by Crippen LogP contribution is -2.59. The van der Waals surface area contributed by atoms with E-state index in [-0.39, 0.29) is 17.3 Å². The molecule has 2 unspecified atom stereocenters. The number of carbonyl (C=O) groups excluding carboxylic acids is 2. The molecular weight excluding hydrogens is 392 g/mol. The Labute approximate surface area is 179 Å². The highest BCUT2D eigenvalue weighted by Crippen LogP contribution is 2.31. The van der Waals surface area contributed by atoms with Crippen LogP contribution in [0.5, 0.6) is 0 Å². The molecule has 1 aliphatic carbocycles. The fourth-order valence-corrected chi connectivity index (χ4v) is 3.67. The molecule has 0 aliphatic heterocycles. The van der Waals surface area contributed by atoms with Gasteiger partial charge >= 0.3 is 0 Å². The highest BCUT2D eigenvalue weighted by molar-refractivity contribution is 6.17. The summed E-state index contributed by atoms with van der Waals surface area (Å²) in [4.78, 5) is 25.8. The van der Waals surface area contributed by atoms with E-state index in [0.717, 1.165) is 10.8 Å². The van der Waals surface area contributed by atoms with E-state index in [1.54, 1.807) is 48.6 Å². The Morgan fingerprint density at radius 1 is 0.968 bits per heavy atom. The van der Waals surface area contributed by atoms with Crippen LogP contribution in [0, 0.1) is 0 Å². The third kappa shape index (κ3) is 3.92. The number of rotatable bonds is 6. The highest BCUT2D eigenvalue weighted by atomic mass is 16.6. The summed E-state index contributed by atoms with van der Waals surface area (Å²) in [5.74, 6) is -2.71. The zero-order chi connectivity index (χ0) is 21.8. The van der Waals surface area contributed by atoms with Gasteiger partial charge in [0.2, 0.25) is 5.79 Å². The molecule has 1 amide bonds. The molecule has 0 fully saturated rings. The van der Waals surface area contributed by atoms with Gasteiger partial charge in [-0.2, -0.15) is 0 Å². The molecule has 0 saturated carbocycles. The predicted molar refractivity (Wildman–Crippen MR) is 118 cm³/mol. The van der Waals surface area contributed by atoms with Crippen LogP contribution in [0.15, 0.2) is 96.6 Å². The number of fused-ring (bicyclic) bond motifs is 1. The summed E-state index contributed by atoms with van der Waals surface area (Å²) in [6, 6.07) is 20.8. The van der Waals surface area contributed by atoms with Gasteiger partial charge in [-0.05, 0) is 29.0 Å². The van der Waals surface area contributed by atoms with Crippen molar-refractivity contribution < 1.29 is 19.4 Å². The van der Waals surface area contributed by atoms with E-state index in [1.165, 1.54) is 13.2 Å². The van der Waals surface area contributed by atoms with Gasteiger partial charge in [-0.15, -0.1) is 0 Å². The van der Waals surface area contributed by atoms with Gasteiger partial charge in [0, 0.05) is 18.2 Å². The second kappa shape index (κ2) is 8.65. The molecule has 156 valence electrons. The minimum absolute atomic E-state index is 0.0697. The lowest BCUT2D eigenvalue weighted by Gasteiger charge is -2.36. The summed E-state index contributed by atoms with van der Waals surface area (Å²) < 4.78 is 5.40. The number of nitrogens with one attached hydrogen (secondary N) is 2. The fraction of sp³-hybridized carbons (Fsp3) is 0.120. The number of methoxy groups -OCH3 is 1. The zero-order valence-electron chi connectivity index (χ0n) is 16.9. The number of amides is 1. The van der Waals surface area contributed by atoms with E-state index in [4.69, 9.17) is 4.74 Å². The van der Waals surface area contributed by atoms with Crippen molar-refractivity contribution >= 4 is 22.5 Å². The van der Waals surface area contributed by atoms with Gasteiger partial charge < -0.3 is 9.84 Å². The third-order valence-corrected chi connectivity index (χ3v) is 5.34. The van der Waals surface area contributed by atoms with Crippen molar-refractivity contribution in [1.82, 2.24) is 10.9 Å². The first-order chi connectivity index (χ1) is 15.0. The van der Waals surface area contributed by atoms with Crippen LogP contribution in [-0.4, -0.2) is 35.7 Å². The molecule has 0 aromatic heterocycles. The topological polar surface area (TPSA) is 87.7 Å². The van der Waals surface area contributed by atoms with Gasteiger partial charge in [-0.25, -0.2) is 5.43 Å². The van der Waals surface area contributed by atoms with Crippen molar-refractivity contribution in [1.29, 1.82) is 0 Å². The first kappa shape index (κ1) is 20.7. The van der Waals surface area contributed by atoms with Gasteiger partial charge in [-0.1, -0.05) is 72.8 Å². The average molecular weight is 414 g/mol. The van der Waals surface area contributed by atoms with Crippen molar-refractivity contribution in [3.8, 4) is 0 Å². The molecule has 3 aromatic rings. The van der Waals surface area contributed by atoms with E-state index in [2.05, 4.69) is 10.9 Å². The molecule has 1 aliphatic rings. The molecule has 0 radical (unpaired) electrons. The second-order valence-corrected chi connectivity index (χ2v) is 7.16. The maximum absolute atomic E-state index is 13.4. The van der Waals surface area contributed by atoms with Crippen molar-refractivity contribution in [2.24, 2.45) is 0 Å². The van der Waals surface area contributed by atoms with E-state index in [1.807, 2.05) is 36.4 Å². The molecule has 6 heteroatoms. The van der Waals surface area contributed by atoms with Crippen molar-refractivity contribution in [3.63, 3.8) is 0 Å². The number of aliphatic hydroxyl groups is 1. The molecule has 0 spiro atoms. The van der Waals surface area contributed by atoms with Crippen LogP contribution in [0.4, 0.5) is 0 Å². The van der Waals surface area contributed by atoms with Crippen LogP contribution >= 0.6 is 0 Å². The molecule has 0 bridgehead atoms. The summed E-state index contributed by atoms with van der Waals surface area (Å²) in [5, 5.41) is 13.0. The van der Waals surface area contributed by atoms with Crippen LogP contribution in [0.2, 0.25) is 0 Å². The normalized spacial score (nSPS) is 20.3. The Morgan fingerprint density at radius 3 is 2.45 bits per heavy atom. The highest BCUT2D eigenvalue weighted by Gasteiger charge is 2.44. The number of allylic oxidation sites excluding steroid dienone is 2. The molecule has 0 heterocycles. The van der Waals surface area contributed by atoms with Gasteiger partial charge in [0.25, 0.3) is 5.91 Å². The number of hydrogen-bond donors (Lipinski definition) is 3. The van der Waals surface area contributed by atoms with Gasteiger partial charge in [-0.3, -0.25) is 15.0 Å². The quantitative estimate of drug-likeness (QED) is 0.328. The Kier molecular flexibility index (Phi) is 5.77. The summed E-state index contributed by atoms with van der Waals surface area (Å²) >= 11 is 0. The summed E-state index contributed by atoms with van der Waals surface area (Å²) in [7, 11) is 1.32. The lowest BCUT2D eigenvalue weighted by atomic mass is 9.86. The van der Waals surface area contributed by atoms with E-state index >= 15 is 0 Å². The first-order valence-electron chi connectivity index (χ1n) is 9.84. The van der Waals surface area contributed by atoms with E-state index < -0.39 is 11.8 Å². The van der Waals surface area contributed by atoms with Crippen molar-refractivity contribution in [2.45, 2.75) is 11.8 Å². The molecule has 31 heavy (non-hydrogen) atoms. The van der Waals surface area contributed by atoms with Crippen LogP contribution in [0.3, 0.4) is 0 Å². The molecule has 0 saturated heterocycles. The van der Waals surface area contributed by atoms with Gasteiger partial charge in [0.1, 0.15) is 6.04 Å². The number of benzene rings is 3. The maximum Gasteiger partial charge on any atom is 0.265 e. The third-order valence-electron chi connectivity index (χ3n) is 5.34. The van der Waals surface area contributed by atoms with Crippen LogP contribution < -0.4 is 10.9 Å². The average Bonchev–Trinajstić information content (AvgIpc) is 2.83. The number of carbonyl (C=O) groups is 2. The lowest BCUT2D eigenvalue weighted by molar-refractivity contribution is -0.166. The fourth-order valence-electron chi connectivity index (χ4n) is 3.67. The number of Topliss-reactive ketones (excluding diaryl/α,β-unsaturated/α-hetero) is 1. The van der Waals surface area contributed by atoms with E-state index in [9.17, 15) is 14.7 Å². The molecule has 2 atom stereocenters. The number of hydrogen-bond acceptors (Lipinski definition) is 5. The maximum atomic E-state index is 13.4. The second-order valence-electron chi connectivity index (χ2n) is 7.16. The molecule has 3 N–H and O–H groups in total. The monoisotopic (exact) mass is 414 g/mol. The van der Waals surface area contributed by atoms with Gasteiger partial charge in [0.15, 0.2) is 5.78 Å². The summed E-state index contributed by atoms with van der Waals surface area (Å²) in [5.41, 5.74) is 6.34. The van der Waals surface area contributed by atoms with Crippen LogP contribution in [0.1, 0.15) is 20.7 Å². The number of ether oxygens (including phenoxy) is 1. The number of ketones is 1. The Hall–Kier alpha value is -3.58. The summed E-state index contributed by atoms with van der Waals surface area (Å²) in [6.07, 6.45) is 4.80. The largest absolute Gasteiger partial charge is 0.360 e. The first-order valence-corrected chi connectivity index (χ1v) is 9.84. The Balaban J connectivity index is 1.60. The number of hydrazine groups is 1. The Morgan fingerprint density at radius 2 is 1.68 bits per heavy atom. The minimum atomic E-state index is -1.98. The predicted octanol–water partition coefficient (Wildman–Crippen LogP) is 3.16. The standard InChI is InChI=1S/C25H22N2O4/c1-31-25(30)21(23(28)20-14-7-12-17-9-5-6-13-19(17)20)15-8-16-22(25)26-27-24(29)18-10-3-2-4-11-18/h2-16,22,26,30H,1H3,(H,27,29). The SMILES string of the molecule is COC1(O)C(C(=O)c2cccc3ccccc23)=CC=CC1NNC(=O)c1ccccc1. The van der Waals surface area contributed by atoms with Crippen molar-refractivity contribution in [3.05, 3.63) is 108 Å². The smallest absolute Gasteiger partial charge is 0.265 e. The molecule has 3 aromatic carbocycles. The Bertz CT molecular complexity index is 1180. The molecule has 6 nitrogen and oxygen atoms in total. The van der Waals surface area contributed by atoms with Crippen molar-refractivity contribution in [2.75, 3.05) is 7.11 Å². The molecular formula is C25H22N2O4. The molecule has 4 rings (SSSR count). The minimum Gasteiger partial charge on any atom is -0.360 e. The van der Waals surface area contributed by atoms with Crippen LogP contribution in [-0.2, 0) is 4.74 Å². The summed E-state index contributed by atoms with van der Waals surface area (Å²) in [6.45, 7) is 0. The van der Waals surface area contributed by atoms with Gasteiger partial charge in [0.05, 0.1) is 5.57 Å².